The van der Waals surface area contributed by atoms with Crippen molar-refractivity contribution in [2.45, 2.75) is 52.2 Å². The summed E-state index contributed by atoms with van der Waals surface area (Å²) >= 11 is 1.37. The number of halogens is 1. The molecular formula is C23H35IN6OS. The van der Waals surface area contributed by atoms with E-state index >= 15 is 0 Å². The predicted octanol–water partition coefficient (Wildman–Crippen LogP) is 3.41. The van der Waals surface area contributed by atoms with Crippen LogP contribution < -0.4 is 16.0 Å². The molecule has 1 fully saturated rings. The van der Waals surface area contributed by atoms with Crippen LogP contribution in [0.1, 0.15) is 47.6 Å². The van der Waals surface area contributed by atoms with E-state index in [2.05, 4.69) is 75.0 Å². The van der Waals surface area contributed by atoms with Crippen molar-refractivity contribution < 1.29 is 4.79 Å². The maximum Gasteiger partial charge on any atom is 0.263 e. The Morgan fingerprint density at radius 3 is 2.72 bits per heavy atom. The van der Waals surface area contributed by atoms with Crippen LogP contribution in [0.4, 0.5) is 0 Å². The number of nitrogens with one attached hydrogen (secondary N) is 3. The number of aliphatic imine (C=N–C) groups is 1. The molecule has 1 aliphatic rings. The van der Waals surface area contributed by atoms with Gasteiger partial charge in [-0.2, -0.15) is 0 Å². The highest BCUT2D eigenvalue weighted by atomic mass is 127. The smallest absolute Gasteiger partial charge is 0.263 e. The number of benzene rings is 1. The molecule has 0 bridgehead atoms. The van der Waals surface area contributed by atoms with Gasteiger partial charge < -0.3 is 16.0 Å². The summed E-state index contributed by atoms with van der Waals surface area (Å²) < 4.78 is 0. The lowest BCUT2D eigenvalue weighted by Crippen LogP contribution is -2.51. The van der Waals surface area contributed by atoms with Crippen LogP contribution in [0.15, 0.2) is 40.8 Å². The molecule has 3 rings (SSSR count). The van der Waals surface area contributed by atoms with E-state index in [0.29, 0.717) is 30.1 Å². The number of nitrogens with zero attached hydrogens (tertiary/aromatic N) is 3. The number of rotatable bonds is 8. The first-order valence-electron chi connectivity index (χ1n) is 11.1. The third-order valence-corrected chi connectivity index (χ3v) is 6.47. The first-order chi connectivity index (χ1) is 15.1. The lowest BCUT2D eigenvalue weighted by molar-refractivity contribution is 0.0958. The summed E-state index contributed by atoms with van der Waals surface area (Å²) in [5.74, 6) is 0.743. The summed E-state index contributed by atoms with van der Waals surface area (Å²) in [4.78, 5) is 24.2. The van der Waals surface area contributed by atoms with Gasteiger partial charge >= 0.3 is 0 Å². The maximum absolute atomic E-state index is 12.2. The number of amides is 1. The molecule has 2 unspecified atom stereocenters. The minimum atomic E-state index is -0.0761. The highest BCUT2D eigenvalue weighted by Crippen LogP contribution is 2.20. The Morgan fingerprint density at radius 1 is 1.28 bits per heavy atom. The van der Waals surface area contributed by atoms with E-state index < -0.39 is 0 Å². The number of thiazole rings is 1. The average Bonchev–Trinajstić information content (AvgIpc) is 3.20. The standard InChI is InChI=1S/C23H34N6OS.HI/c1-4-24-23(26-12-11-25-22(30)21-18(3)27-16-31-21)28-20-10-13-29(17(2)14-20)15-19-8-6-5-7-9-19;/h5-9,16-17,20H,4,10-15H2,1-3H3,(H,25,30)(H2,24,26,28);1H. The lowest BCUT2D eigenvalue weighted by atomic mass is 9.97. The van der Waals surface area contributed by atoms with Gasteiger partial charge in [0.15, 0.2) is 5.96 Å². The second-order valence-corrected chi connectivity index (χ2v) is 8.81. The van der Waals surface area contributed by atoms with Gasteiger partial charge in [0, 0.05) is 38.3 Å². The number of aromatic nitrogens is 1. The molecule has 0 spiro atoms. The summed E-state index contributed by atoms with van der Waals surface area (Å²) in [5, 5.41) is 9.84. The maximum atomic E-state index is 12.2. The lowest BCUT2D eigenvalue weighted by Gasteiger charge is -2.38. The van der Waals surface area contributed by atoms with Crippen LogP contribution in [0.3, 0.4) is 0 Å². The van der Waals surface area contributed by atoms with Crippen LogP contribution in [-0.2, 0) is 6.54 Å². The molecule has 0 aliphatic carbocycles. The molecule has 32 heavy (non-hydrogen) atoms. The molecule has 1 aliphatic heterocycles. The molecule has 0 radical (unpaired) electrons. The fourth-order valence-corrected chi connectivity index (χ4v) is 4.57. The molecule has 1 aromatic heterocycles. The van der Waals surface area contributed by atoms with Crippen LogP contribution in [-0.4, -0.2) is 60.0 Å². The zero-order valence-electron chi connectivity index (χ0n) is 19.1. The van der Waals surface area contributed by atoms with Gasteiger partial charge in [-0.05, 0) is 39.2 Å². The van der Waals surface area contributed by atoms with Gasteiger partial charge in [-0.15, -0.1) is 35.3 Å². The van der Waals surface area contributed by atoms with E-state index in [-0.39, 0.29) is 29.9 Å². The van der Waals surface area contributed by atoms with Crippen molar-refractivity contribution in [1.82, 2.24) is 25.8 Å². The Hall–Kier alpha value is -1.72. The number of likely N-dealkylation sites (tertiary alicyclic amines) is 1. The second kappa shape index (κ2) is 13.7. The van der Waals surface area contributed by atoms with Crippen molar-refractivity contribution >= 4 is 47.2 Å². The van der Waals surface area contributed by atoms with E-state index in [1.807, 2.05) is 6.92 Å². The van der Waals surface area contributed by atoms with Crippen LogP contribution in [0.5, 0.6) is 0 Å². The molecule has 2 heterocycles. The zero-order valence-corrected chi connectivity index (χ0v) is 22.3. The van der Waals surface area contributed by atoms with Gasteiger partial charge in [-0.25, -0.2) is 4.98 Å². The van der Waals surface area contributed by atoms with E-state index in [1.165, 1.54) is 16.9 Å². The van der Waals surface area contributed by atoms with Crippen molar-refractivity contribution in [3.63, 3.8) is 0 Å². The Bertz CT molecular complexity index is 859. The quantitative estimate of drug-likeness (QED) is 0.196. The minimum Gasteiger partial charge on any atom is -0.357 e. The van der Waals surface area contributed by atoms with Gasteiger partial charge in [0.25, 0.3) is 5.91 Å². The SMILES string of the molecule is CCNC(=NCCNC(=O)c1scnc1C)NC1CCN(Cc2ccccc2)C(C)C1.I. The Morgan fingerprint density at radius 2 is 2.06 bits per heavy atom. The van der Waals surface area contributed by atoms with E-state index in [0.717, 1.165) is 44.1 Å². The van der Waals surface area contributed by atoms with Crippen molar-refractivity contribution in [2.75, 3.05) is 26.2 Å². The first-order valence-corrected chi connectivity index (χ1v) is 12.0. The Balaban J connectivity index is 0.00000363. The third kappa shape index (κ3) is 8.00. The molecule has 1 saturated heterocycles. The highest BCUT2D eigenvalue weighted by molar-refractivity contribution is 14.0. The van der Waals surface area contributed by atoms with Crippen molar-refractivity contribution in [2.24, 2.45) is 4.99 Å². The number of hydrogen-bond acceptors (Lipinski definition) is 5. The largest absolute Gasteiger partial charge is 0.357 e. The number of hydrogen-bond donors (Lipinski definition) is 3. The van der Waals surface area contributed by atoms with Gasteiger partial charge in [0.2, 0.25) is 0 Å². The summed E-state index contributed by atoms with van der Waals surface area (Å²) in [6.45, 7) is 10.1. The van der Waals surface area contributed by atoms with Gasteiger partial charge in [0.05, 0.1) is 17.7 Å². The molecule has 3 N–H and O–H groups in total. The highest BCUT2D eigenvalue weighted by Gasteiger charge is 2.26. The third-order valence-electron chi connectivity index (χ3n) is 5.55. The Labute approximate surface area is 212 Å². The van der Waals surface area contributed by atoms with Gasteiger partial charge in [-0.1, -0.05) is 30.3 Å². The first kappa shape index (κ1) is 26.5. The fourth-order valence-electron chi connectivity index (χ4n) is 3.86. The molecule has 2 atom stereocenters. The second-order valence-electron chi connectivity index (χ2n) is 7.95. The number of carbonyl (C=O) groups is 1. The summed E-state index contributed by atoms with van der Waals surface area (Å²) in [5.41, 5.74) is 3.84. The molecular weight excluding hydrogens is 535 g/mol. The van der Waals surface area contributed by atoms with Gasteiger partial charge in [0.1, 0.15) is 4.88 Å². The molecule has 176 valence electrons. The fraction of sp³-hybridized carbons (Fsp3) is 0.522. The zero-order chi connectivity index (χ0) is 22.1. The molecule has 9 heteroatoms. The monoisotopic (exact) mass is 570 g/mol. The molecule has 7 nitrogen and oxygen atoms in total. The van der Waals surface area contributed by atoms with Gasteiger partial charge in [-0.3, -0.25) is 14.7 Å². The van der Waals surface area contributed by atoms with Crippen LogP contribution >= 0.6 is 35.3 Å². The van der Waals surface area contributed by atoms with Crippen molar-refractivity contribution in [3.8, 4) is 0 Å². The van der Waals surface area contributed by atoms with Crippen LogP contribution in [0.25, 0.3) is 0 Å². The number of guanidine groups is 1. The molecule has 2 aromatic rings. The normalized spacial score (nSPS) is 19.2. The van der Waals surface area contributed by atoms with Crippen LogP contribution in [0.2, 0.25) is 0 Å². The Kier molecular flexibility index (Phi) is 11.4. The van der Waals surface area contributed by atoms with E-state index in [1.54, 1.807) is 5.51 Å². The number of piperidine rings is 1. The van der Waals surface area contributed by atoms with E-state index in [4.69, 9.17) is 0 Å². The summed E-state index contributed by atoms with van der Waals surface area (Å²) in [6, 6.07) is 11.6. The van der Waals surface area contributed by atoms with Crippen molar-refractivity contribution in [3.05, 3.63) is 52.0 Å². The molecule has 0 saturated carbocycles. The summed E-state index contributed by atoms with van der Waals surface area (Å²) in [7, 11) is 0. The van der Waals surface area contributed by atoms with E-state index in [9.17, 15) is 4.79 Å². The average molecular weight is 571 g/mol. The number of aryl methyl sites for hydroxylation is 1. The minimum absolute atomic E-state index is 0. The molecule has 1 amide bonds. The topological polar surface area (TPSA) is 81.6 Å². The number of carbonyl (C=O) groups excluding carboxylic acids is 1. The van der Waals surface area contributed by atoms with Crippen molar-refractivity contribution in [1.29, 1.82) is 0 Å². The summed E-state index contributed by atoms with van der Waals surface area (Å²) in [6.07, 6.45) is 2.17. The predicted molar refractivity (Wildman–Crippen MR) is 143 cm³/mol. The van der Waals surface area contributed by atoms with Crippen LogP contribution in [0, 0.1) is 6.92 Å². The molecule has 1 aromatic carbocycles.